The maximum atomic E-state index is 12.5. The highest BCUT2D eigenvalue weighted by atomic mass is 16.5. The minimum atomic E-state index is -0.328. The Kier molecular flexibility index (Phi) is 7.22. The summed E-state index contributed by atoms with van der Waals surface area (Å²) in [6, 6.07) is 24.6. The van der Waals surface area contributed by atoms with Crippen LogP contribution in [-0.2, 0) is 4.79 Å². The SMILES string of the molecule is CCC(C)NC(=O)c1ccccc1NC(=O)COc1ccc(-c2ccccc2)cc1. The van der Waals surface area contributed by atoms with Crippen molar-refractivity contribution in [1.82, 2.24) is 5.32 Å². The molecule has 154 valence electrons. The standard InChI is InChI=1S/C25H26N2O3/c1-3-18(2)26-25(29)22-11-7-8-12-23(22)27-24(28)17-30-21-15-13-20(14-16-21)19-9-5-4-6-10-19/h4-16,18H,3,17H2,1-2H3,(H,26,29)(H,27,28). The second-order valence-electron chi connectivity index (χ2n) is 7.06. The normalized spacial score (nSPS) is 11.4. The number of ether oxygens (including phenoxy) is 1. The molecule has 1 unspecified atom stereocenters. The Morgan fingerprint density at radius 2 is 1.50 bits per heavy atom. The Bertz CT molecular complexity index is 985. The van der Waals surface area contributed by atoms with Gasteiger partial charge in [-0.15, -0.1) is 0 Å². The van der Waals surface area contributed by atoms with Crippen molar-refractivity contribution in [3.05, 3.63) is 84.4 Å². The molecule has 0 aliphatic carbocycles. The van der Waals surface area contributed by atoms with Gasteiger partial charge in [-0.25, -0.2) is 0 Å². The predicted molar refractivity (Wildman–Crippen MR) is 120 cm³/mol. The zero-order valence-electron chi connectivity index (χ0n) is 17.2. The van der Waals surface area contributed by atoms with E-state index in [2.05, 4.69) is 10.6 Å². The quantitative estimate of drug-likeness (QED) is 0.563. The molecule has 0 bridgehead atoms. The van der Waals surface area contributed by atoms with E-state index in [0.29, 0.717) is 17.0 Å². The third-order valence-corrected chi connectivity index (χ3v) is 4.77. The topological polar surface area (TPSA) is 67.4 Å². The third-order valence-electron chi connectivity index (χ3n) is 4.77. The van der Waals surface area contributed by atoms with Gasteiger partial charge in [0.2, 0.25) is 0 Å². The first-order valence-corrected chi connectivity index (χ1v) is 10.0. The van der Waals surface area contributed by atoms with E-state index in [9.17, 15) is 9.59 Å². The molecule has 0 heterocycles. The van der Waals surface area contributed by atoms with Gasteiger partial charge in [0, 0.05) is 6.04 Å². The molecule has 3 rings (SSSR count). The number of carbonyl (C=O) groups excluding carboxylic acids is 2. The lowest BCUT2D eigenvalue weighted by Gasteiger charge is -2.15. The molecule has 0 saturated carbocycles. The number of carbonyl (C=O) groups is 2. The summed E-state index contributed by atoms with van der Waals surface area (Å²) in [6.07, 6.45) is 0.831. The van der Waals surface area contributed by atoms with Crippen LogP contribution in [0.2, 0.25) is 0 Å². The van der Waals surface area contributed by atoms with Crippen LogP contribution in [0.1, 0.15) is 30.6 Å². The third kappa shape index (κ3) is 5.70. The largest absolute Gasteiger partial charge is 0.484 e. The summed E-state index contributed by atoms with van der Waals surface area (Å²) in [7, 11) is 0. The summed E-state index contributed by atoms with van der Waals surface area (Å²) in [5, 5.41) is 5.68. The Balaban J connectivity index is 1.58. The van der Waals surface area contributed by atoms with E-state index in [-0.39, 0.29) is 24.5 Å². The lowest BCUT2D eigenvalue weighted by atomic mass is 10.1. The van der Waals surface area contributed by atoms with E-state index in [1.165, 1.54) is 0 Å². The molecule has 0 aliphatic rings. The predicted octanol–water partition coefficient (Wildman–Crippen LogP) is 4.90. The van der Waals surface area contributed by atoms with Crippen LogP contribution in [0.15, 0.2) is 78.9 Å². The van der Waals surface area contributed by atoms with Crippen molar-refractivity contribution in [3.63, 3.8) is 0 Å². The van der Waals surface area contributed by atoms with Gasteiger partial charge >= 0.3 is 0 Å². The maximum absolute atomic E-state index is 12.5. The number of amides is 2. The number of rotatable bonds is 8. The summed E-state index contributed by atoms with van der Waals surface area (Å²) in [5.74, 6) is 0.0659. The Hall–Kier alpha value is -3.60. The first kappa shape index (κ1) is 21.1. The molecule has 0 spiro atoms. The lowest BCUT2D eigenvalue weighted by Crippen LogP contribution is -2.33. The minimum absolute atomic E-state index is 0.0587. The maximum Gasteiger partial charge on any atom is 0.262 e. The van der Waals surface area contributed by atoms with Crippen molar-refractivity contribution in [1.29, 1.82) is 0 Å². The average Bonchev–Trinajstić information content (AvgIpc) is 2.79. The molecule has 0 radical (unpaired) electrons. The summed E-state index contributed by atoms with van der Waals surface area (Å²) < 4.78 is 5.60. The van der Waals surface area contributed by atoms with E-state index in [1.807, 2.05) is 68.4 Å². The van der Waals surface area contributed by atoms with Crippen LogP contribution in [0.3, 0.4) is 0 Å². The fourth-order valence-corrected chi connectivity index (χ4v) is 2.90. The molecular formula is C25H26N2O3. The van der Waals surface area contributed by atoms with Crippen molar-refractivity contribution in [2.45, 2.75) is 26.3 Å². The molecule has 5 nitrogen and oxygen atoms in total. The van der Waals surface area contributed by atoms with Crippen LogP contribution in [0.25, 0.3) is 11.1 Å². The highest BCUT2D eigenvalue weighted by molar-refractivity contribution is 6.04. The lowest BCUT2D eigenvalue weighted by molar-refractivity contribution is -0.118. The van der Waals surface area contributed by atoms with Crippen molar-refractivity contribution in [2.24, 2.45) is 0 Å². The molecule has 2 N–H and O–H groups in total. The van der Waals surface area contributed by atoms with E-state index >= 15 is 0 Å². The van der Waals surface area contributed by atoms with Crippen LogP contribution >= 0.6 is 0 Å². The van der Waals surface area contributed by atoms with E-state index in [0.717, 1.165) is 17.5 Å². The monoisotopic (exact) mass is 402 g/mol. The van der Waals surface area contributed by atoms with Crippen molar-refractivity contribution in [3.8, 4) is 16.9 Å². The molecular weight excluding hydrogens is 376 g/mol. The zero-order chi connectivity index (χ0) is 21.3. The Labute approximate surface area is 177 Å². The van der Waals surface area contributed by atoms with Crippen LogP contribution in [0.4, 0.5) is 5.69 Å². The van der Waals surface area contributed by atoms with E-state index < -0.39 is 0 Å². The highest BCUT2D eigenvalue weighted by Gasteiger charge is 2.14. The molecule has 0 saturated heterocycles. The van der Waals surface area contributed by atoms with Crippen LogP contribution in [0, 0.1) is 0 Å². The van der Waals surface area contributed by atoms with Crippen LogP contribution in [-0.4, -0.2) is 24.5 Å². The highest BCUT2D eigenvalue weighted by Crippen LogP contribution is 2.22. The van der Waals surface area contributed by atoms with Gasteiger partial charge < -0.3 is 15.4 Å². The van der Waals surface area contributed by atoms with Gasteiger partial charge in [0.05, 0.1) is 11.3 Å². The summed E-state index contributed by atoms with van der Waals surface area (Å²) in [6.45, 7) is 3.80. The molecule has 3 aromatic rings. The minimum Gasteiger partial charge on any atom is -0.484 e. The smallest absolute Gasteiger partial charge is 0.262 e. The number of benzene rings is 3. The molecule has 3 aromatic carbocycles. The van der Waals surface area contributed by atoms with Gasteiger partial charge in [-0.05, 0) is 48.7 Å². The van der Waals surface area contributed by atoms with Crippen molar-refractivity contribution >= 4 is 17.5 Å². The molecule has 0 aliphatic heterocycles. The summed E-state index contributed by atoms with van der Waals surface area (Å²) in [4.78, 5) is 24.8. The van der Waals surface area contributed by atoms with E-state index in [4.69, 9.17) is 4.74 Å². The van der Waals surface area contributed by atoms with Crippen molar-refractivity contribution in [2.75, 3.05) is 11.9 Å². The van der Waals surface area contributed by atoms with Crippen LogP contribution in [0.5, 0.6) is 5.75 Å². The number of nitrogens with one attached hydrogen (secondary N) is 2. The van der Waals surface area contributed by atoms with Gasteiger partial charge in [0.1, 0.15) is 5.75 Å². The average molecular weight is 402 g/mol. The second kappa shape index (κ2) is 10.3. The van der Waals surface area contributed by atoms with Crippen molar-refractivity contribution < 1.29 is 14.3 Å². The van der Waals surface area contributed by atoms with Gasteiger partial charge in [-0.3, -0.25) is 9.59 Å². The number of hydrogen-bond acceptors (Lipinski definition) is 3. The Morgan fingerprint density at radius 1 is 0.867 bits per heavy atom. The van der Waals surface area contributed by atoms with Gasteiger partial charge in [-0.2, -0.15) is 0 Å². The molecule has 0 fully saturated rings. The van der Waals surface area contributed by atoms with Crippen LogP contribution < -0.4 is 15.4 Å². The van der Waals surface area contributed by atoms with E-state index in [1.54, 1.807) is 24.3 Å². The number of para-hydroxylation sites is 1. The first-order chi connectivity index (χ1) is 14.6. The Morgan fingerprint density at radius 3 is 2.20 bits per heavy atom. The zero-order valence-corrected chi connectivity index (χ0v) is 17.2. The summed E-state index contributed by atoms with van der Waals surface area (Å²) in [5.41, 5.74) is 3.09. The van der Waals surface area contributed by atoms with Gasteiger partial charge in [0.15, 0.2) is 6.61 Å². The summed E-state index contributed by atoms with van der Waals surface area (Å²) >= 11 is 0. The fourth-order valence-electron chi connectivity index (χ4n) is 2.90. The molecule has 2 amide bonds. The molecule has 1 atom stereocenters. The molecule has 0 aromatic heterocycles. The number of anilines is 1. The van der Waals surface area contributed by atoms with Gasteiger partial charge in [-0.1, -0.05) is 61.5 Å². The first-order valence-electron chi connectivity index (χ1n) is 10.0. The molecule has 30 heavy (non-hydrogen) atoms. The number of hydrogen-bond donors (Lipinski definition) is 2. The fraction of sp³-hybridized carbons (Fsp3) is 0.200. The molecule has 5 heteroatoms. The second-order valence-corrected chi connectivity index (χ2v) is 7.06. The van der Waals surface area contributed by atoms with Gasteiger partial charge in [0.25, 0.3) is 11.8 Å².